The zero-order valence-corrected chi connectivity index (χ0v) is 18.8. The van der Waals surface area contributed by atoms with Crippen LogP contribution in [0.25, 0.3) is 16.7 Å². The molecule has 0 spiro atoms. The number of rotatable bonds is 4. The summed E-state index contributed by atoms with van der Waals surface area (Å²) in [5.74, 6) is 0.392. The number of nitrogens with two attached hydrogens (primary N) is 1. The Kier molecular flexibility index (Phi) is 5.76. The Morgan fingerprint density at radius 2 is 1.70 bits per heavy atom. The van der Waals surface area contributed by atoms with Gasteiger partial charge in [-0.05, 0) is 36.4 Å². The van der Waals surface area contributed by atoms with Gasteiger partial charge in [-0.2, -0.15) is 9.97 Å². The third kappa shape index (κ3) is 4.18. The first-order valence-electron chi connectivity index (χ1n) is 10.2. The van der Waals surface area contributed by atoms with Gasteiger partial charge in [0.25, 0.3) is 0 Å². The van der Waals surface area contributed by atoms with Gasteiger partial charge in [-0.25, -0.2) is 14.3 Å². The van der Waals surface area contributed by atoms with Crippen molar-refractivity contribution in [2.24, 2.45) is 0 Å². The number of nitrogens with one attached hydrogen (secondary N) is 1. The van der Waals surface area contributed by atoms with Crippen LogP contribution in [0.3, 0.4) is 0 Å². The van der Waals surface area contributed by atoms with Crippen molar-refractivity contribution in [3.05, 3.63) is 69.2 Å². The van der Waals surface area contributed by atoms with Gasteiger partial charge in [-0.1, -0.05) is 29.3 Å². The molecule has 1 saturated heterocycles. The molecule has 1 aliphatic heterocycles. The summed E-state index contributed by atoms with van der Waals surface area (Å²) in [5.41, 5.74) is 7.98. The number of hydrogen-bond donors (Lipinski definition) is 2. The first-order chi connectivity index (χ1) is 16.0. The van der Waals surface area contributed by atoms with Crippen molar-refractivity contribution in [3.8, 4) is 5.69 Å². The highest BCUT2D eigenvalue weighted by molar-refractivity contribution is 6.37. The number of para-hydroxylation sites is 1. The molecule has 1 fully saturated rings. The van der Waals surface area contributed by atoms with Crippen molar-refractivity contribution < 1.29 is 4.74 Å². The molecule has 0 saturated carbocycles. The molecule has 33 heavy (non-hydrogen) atoms. The van der Waals surface area contributed by atoms with Gasteiger partial charge in [0.05, 0.1) is 34.3 Å². The quantitative estimate of drug-likeness (QED) is 0.452. The van der Waals surface area contributed by atoms with Gasteiger partial charge >= 0.3 is 5.69 Å². The van der Waals surface area contributed by atoms with Crippen LogP contribution in [0.4, 0.5) is 23.1 Å². The molecule has 0 bridgehead atoms. The minimum Gasteiger partial charge on any atom is -0.384 e. The molecule has 0 atom stereocenters. The zero-order chi connectivity index (χ0) is 22.9. The largest absolute Gasteiger partial charge is 0.384 e. The minimum atomic E-state index is -0.644. The van der Waals surface area contributed by atoms with Crippen LogP contribution in [0, 0.1) is 0 Å². The van der Waals surface area contributed by atoms with Crippen molar-refractivity contribution in [2.75, 3.05) is 42.3 Å². The minimum absolute atomic E-state index is 0.0985. The molecule has 0 radical (unpaired) electrons. The molecule has 3 N–H and O–H groups in total. The lowest BCUT2D eigenvalue weighted by Gasteiger charge is -2.28. The van der Waals surface area contributed by atoms with Crippen molar-refractivity contribution in [1.29, 1.82) is 0 Å². The van der Waals surface area contributed by atoms with E-state index in [-0.39, 0.29) is 27.2 Å². The normalized spacial score (nSPS) is 13.9. The van der Waals surface area contributed by atoms with Gasteiger partial charge < -0.3 is 20.7 Å². The second kappa shape index (κ2) is 8.86. The topological polar surface area (TPSA) is 111 Å². The molecule has 9 nitrogen and oxygen atoms in total. The van der Waals surface area contributed by atoms with Gasteiger partial charge in [0.1, 0.15) is 5.82 Å². The first kappa shape index (κ1) is 21.4. The van der Waals surface area contributed by atoms with Crippen LogP contribution in [-0.2, 0) is 4.74 Å². The maximum Gasteiger partial charge on any atom is 0.355 e. The number of nitrogen functional groups attached to an aromatic ring is 1. The standard InChI is InChI=1S/C22H19Cl2N7O2/c23-16-2-1-3-17(24)18(16)31-19(25)15-12-26-21(28-20(15)29-22(31)32)27-13-4-6-14(7-5-13)30-8-10-33-11-9-30/h1-7,12H,8-11,25H2,(H,27,28,29,32). The number of aromatic nitrogens is 4. The van der Waals surface area contributed by atoms with Gasteiger partial charge in [-0.15, -0.1) is 0 Å². The second-order valence-electron chi connectivity index (χ2n) is 7.39. The number of fused-ring (bicyclic) bond motifs is 1. The Morgan fingerprint density at radius 1 is 1.00 bits per heavy atom. The second-order valence-corrected chi connectivity index (χ2v) is 8.20. The fourth-order valence-electron chi connectivity index (χ4n) is 3.69. The predicted octanol–water partition coefficient (Wildman–Crippen LogP) is 3.64. The third-order valence-corrected chi connectivity index (χ3v) is 5.95. The molecule has 2 aromatic carbocycles. The number of ether oxygens (including phenoxy) is 1. The summed E-state index contributed by atoms with van der Waals surface area (Å²) < 4.78 is 6.56. The van der Waals surface area contributed by atoms with Gasteiger partial charge in [-0.3, -0.25) is 0 Å². The van der Waals surface area contributed by atoms with Crippen molar-refractivity contribution in [2.45, 2.75) is 0 Å². The highest BCUT2D eigenvalue weighted by Crippen LogP contribution is 2.30. The number of benzene rings is 2. The highest BCUT2D eigenvalue weighted by atomic mass is 35.5. The van der Waals surface area contributed by atoms with E-state index in [0.717, 1.165) is 42.2 Å². The van der Waals surface area contributed by atoms with E-state index >= 15 is 0 Å². The van der Waals surface area contributed by atoms with E-state index < -0.39 is 5.69 Å². The molecular weight excluding hydrogens is 465 g/mol. The van der Waals surface area contributed by atoms with E-state index in [4.69, 9.17) is 33.7 Å². The summed E-state index contributed by atoms with van der Waals surface area (Å²) in [4.78, 5) is 27.8. The third-order valence-electron chi connectivity index (χ3n) is 5.34. The number of anilines is 4. The van der Waals surface area contributed by atoms with Gasteiger partial charge in [0, 0.05) is 30.7 Å². The molecule has 0 aliphatic carbocycles. The smallest absolute Gasteiger partial charge is 0.355 e. The Hall–Kier alpha value is -3.40. The van der Waals surface area contributed by atoms with E-state index in [1.54, 1.807) is 18.2 Å². The zero-order valence-electron chi connectivity index (χ0n) is 17.3. The molecule has 1 aliphatic rings. The average Bonchev–Trinajstić information content (AvgIpc) is 2.82. The van der Waals surface area contributed by atoms with Gasteiger partial charge in [0.2, 0.25) is 5.95 Å². The maximum atomic E-state index is 12.8. The van der Waals surface area contributed by atoms with Crippen LogP contribution in [0.15, 0.2) is 53.5 Å². The summed E-state index contributed by atoms with van der Waals surface area (Å²) in [5, 5.41) is 4.08. The molecule has 11 heteroatoms. The molecular formula is C22H19Cl2N7O2. The molecule has 3 heterocycles. The Balaban J connectivity index is 1.45. The average molecular weight is 484 g/mol. The lowest BCUT2D eigenvalue weighted by Crippen LogP contribution is -2.36. The molecule has 0 unspecified atom stereocenters. The number of hydrogen-bond acceptors (Lipinski definition) is 8. The Bertz CT molecular complexity index is 1370. The number of morpholine rings is 1. The van der Waals surface area contributed by atoms with E-state index in [0.29, 0.717) is 11.3 Å². The van der Waals surface area contributed by atoms with Crippen LogP contribution in [0.5, 0.6) is 0 Å². The number of halogens is 2. The van der Waals surface area contributed by atoms with E-state index in [1.807, 2.05) is 24.3 Å². The maximum absolute atomic E-state index is 12.8. The molecule has 2 aromatic heterocycles. The Morgan fingerprint density at radius 3 is 2.39 bits per heavy atom. The van der Waals surface area contributed by atoms with Crippen LogP contribution in [0.1, 0.15) is 0 Å². The molecule has 5 rings (SSSR count). The van der Waals surface area contributed by atoms with Crippen molar-refractivity contribution in [3.63, 3.8) is 0 Å². The SMILES string of the molecule is Nc1c2cnc(Nc3ccc(N4CCOCC4)cc3)nc2nc(=O)n1-c1c(Cl)cccc1Cl. The fraction of sp³-hybridized carbons (Fsp3) is 0.182. The molecule has 0 amide bonds. The van der Waals surface area contributed by atoms with E-state index in [2.05, 4.69) is 25.2 Å². The van der Waals surface area contributed by atoms with Crippen LogP contribution >= 0.6 is 23.2 Å². The predicted molar refractivity (Wildman–Crippen MR) is 130 cm³/mol. The lowest BCUT2D eigenvalue weighted by atomic mass is 10.2. The summed E-state index contributed by atoms with van der Waals surface area (Å²) in [7, 11) is 0. The van der Waals surface area contributed by atoms with Crippen LogP contribution < -0.4 is 21.6 Å². The first-order valence-corrected chi connectivity index (χ1v) is 11.0. The fourth-order valence-corrected chi connectivity index (χ4v) is 4.25. The molecule has 4 aromatic rings. The van der Waals surface area contributed by atoms with E-state index in [1.165, 1.54) is 6.20 Å². The molecule has 168 valence electrons. The van der Waals surface area contributed by atoms with Gasteiger partial charge in [0.15, 0.2) is 5.65 Å². The monoisotopic (exact) mass is 483 g/mol. The number of nitrogens with zero attached hydrogens (tertiary/aromatic N) is 5. The Labute approximate surface area is 198 Å². The summed E-state index contributed by atoms with van der Waals surface area (Å²) in [6.45, 7) is 3.19. The van der Waals surface area contributed by atoms with Crippen molar-refractivity contribution in [1.82, 2.24) is 19.5 Å². The van der Waals surface area contributed by atoms with E-state index in [9.17, 15) is 4.79 Å². The van der Waals surface area contributed by atoms with Crippen LogP contribution in [0.2, 0.25) is 10.0 Å². The van der Waals surface area contributed by atoms with Crippen molar-refractivity contribution >= 4 is 57.4 Å². The summed E-state index contributed by atoms with van der Waals surface area (Å²) in [6.07, 6.45) is 1.51. The highest BCUT2D eigenvalue weighted by Gasteiger charge is 2.17. The summed E-state index contributed by atoms with van der Waals surface area (Å²) >= 11 is 12.5. The summed E-state index contributed by atoms with van der Waals surface area (Å²) in [6, 6.07) is 12.8. The van der Waals surface area contributed by atoms with Crippen LogP contribution in [-0.4, -0.2) is 45.8 Å². The lowest BCUT2D eigenvalue weighted by molar-refractivity contribution is 0.122.